The Morgan fingerprint density at radius 3 is 3.05 bits per heavy atom. The number of hydrogen-bond acceptors (Lipinski definition) is 6. The maximum Gasteiger partial charge on any atom is 0.253 e. The van der Waals surface area contributed by atoms with Crippen LogP contribution in [0.3, 0.4) is 0 Å². The topological polar surface area (TPSA) is 114 Å². The van der Waals surface area contributed by atoms with Crippen LogP contribution in [0, 0.1) is 0 Å². The number of nitrogens with zero attached hydrogens (tertiary/aromatic N) is 2. The molecule has 0 spiro atoms. The number of hydrogen-bond donors (Lipinski definition) is 3. The minimum atomic E-state index is -0.278. The summed E-state index contributed by atoms with van der Waals surface area (Å²) in [6, 6.07) is 4.76. The van der Waals surface area contributed by atoms with E-state index < -0.39 is 0 Å². The van der Waals surface area contributed by atoms with E-state index in [0.29, 0.717) is 29.4 Å². The van der Waals surface area contributed by atoms with Crippen molar-refractivity contribution >= 4 is 29.2 Å². The van der Waals surface area contributed by atoms with Crippen molar-refractivity contribution in [3.05, 3.63) is 40.9 Å². The van der Waals surface area contributed by atoms with E-state index in [-0.39, 0.29) is 17.3 Å². The number of H-pyrrole nitrogens is 1. The van der Waals surface area contributed by atoms with Crippen LogP contribution >= 0.6 is 11.8 Å². The summed E-state index contributed by atoms with van der Waals surface area (Å²) in [6.07, 6.45) is 4.28. The zero-order chi connectivity index (χ0) is 15.1. The molecule has 0 unspecified atom stereocenters. The van der Waals surface area contributed by atoms with E-state index in [1.807, 2.05) is 0 Å². The van der Waals surface area contributed by atoms with E-state index >= 15 is 0 Å². The number of amides is 1. The van der Waals surface area contributed by atoms with Gasteiger partial charge in [-0.3, -0.25) is 14.6 Å². The summed E-state index contributed by atoms with van der Waals surface area (Å²) in [4.78, 5) is 33.4. The molecular formula is C13H15N5O2S. The second kappa shape index (κ2) is 7.44. The maximum atomic E-state index is 11.7. The highest BCUT2D eigenvalue weighted by Crippen LogP contribution is 2.14. The molecule has 0 atom stereocenters. The lowest BCUT2D eigenvalue weighted by atomic mass is 10.3. The molecule has 7 nitrogen and oxygen atoms in total. The Labute approximate surface area is 125 Å². The van der Waals surface area contributed by atoms with Gasteiger partial charge in [-0.2, -0.15) is 0 Å². The number of carbonyl (C=O) groups is 1. The molecule has 0 saturated heterocycles. The SMILES string of the molecule is Nc1cc(=O)[nH]c(SCCCC(=O)Nc2cccnc2)n1. The summed E-state index contributed by atoms with van der Waals surface area (Å²) in [5.41, 5.74) is 5.88. The van der Waals surface area contributed by atoms with Crippen molar-refractivity contribution in [1.82, 2.24) is 15.0 Å². The lowest BCUT2D eigenvalue weighted by molar-refractivity contribution is -0.116. The first kappa shape index (κ1) is 15.0. The number of nitrogens with one attached hydrogen (secondary N) is 2. The molecule has 21 heavy (non-hydrogen) atoms. The largest absolute Gasteiger partial charge is 0.383 e. The molecule has 0 aliphatic heterocycles. The van der Waals surface area contributed by atoms with Crippen LogP contribution in [-0.4, -0.2) is 26.6 Å². The summed E-state index contributed by atoms with van der Waals surface area (Å²) in [6.45, 7) is 0. The standard InChI is InChI=1S/C13H15N5O2S/c14-10-7-12(20)18-13(17-10)21-6-2-4-11(19)16-9-3-1-5-15-8-9/h1,3,5,7-8H,2,4,6H2,(H,16,19)(H3,14,17,18,20). The summed E-state index contributed by atoms with van der Waals surface area (Å²) in [5.74, 6) is 0.778. The van der Waals surface area contributed by atoms with Crippen molar-refractivity contribution < 1.29 is 4.79 Å². The molecule has 0 aliphatic rings. The van der Waals surface area contributed by atoms with Crippen molar-refractivity contribution in [2.24, 2.45) is 0 Å². The van der Waals surface area contributed by atoms with Gasteiger partial charge in [0, 0.05) is 24.4 Å². The number of anilines is 2. The van der Waals surface area contributed by atoms with E-state index in [2.05, 4.69) is 20.3 Å². The summed E-state index contributed by atoms with van der Waals surface area (Å²) >= 11 is 1.36. The maximum absolute atomic E-state index is 11.7. The first-order chi connectivity index (χ1) is 10.1. The number of carbonyl (C=O) groups excluding carboxylic acids is 1. The van der Waals surface area contributed by atoms with E-state index in [0.717, 1.165) is 0 Å². The third kappa shape index (κ3) is 5.27. The first-order valence-corrected chi connectivity index (χ1v) is 7.31. The predicted octanol–water partition coefficient (Wildman–Crippen LogP) is 1.26. The van der Waals surface area contributed by atoms with Crippen LogP contribution in [0.4, 0.5) is 11.5 Å². The Balaban J connectivity index is 1.72. The summed E-state index contributed by atoms with van der Waals surface area (Å²) in [5, 5.41) is 3.22. The van der Waals surface area contributed by atoms with Crippen LogP contribution in [0.25, 0.3) is 0 Å². The number of rotatable bonds is 6. The molecule has 0 aromatic carbocycles. The van der Waals surface area contributed by atoms with Crippen molar-refractivity contribution in [3.8, 4) is 0 Å². The van der Waals surface area contributed by atoms with Gasteiger partial charge in [-0.25, -0.2) is 4.98 Å². The zero-order valence-electron chi connectivity index (χ0n) is 11.2. The lowest BCUT2D eigenvalue weighted by Gasteiger charge is -2.04. The predicted molar refractivity (Wildman–Crippen MR) is 82.1 cm³/mol. The number of aromatic nitrogens is 3. The molecule has 0 aliphatic carbocycles. The van der Waals surface area contributed by atoms with Gasteiger partial charge in [0.2, 0.25) is 5.91 Å². The van der Waals surface area contributed by atoms with Crippen molar-refractivity contribution in [2.45, 2.75) is 18.0 Å². The van der Waals surface area contributed by atoms with Crippen LogP contribution in [0.5, 0.6) is 0 Å². The number of nitrogens with two attached hydrogens (primary N) is 1. The van der Waals surface area contributed by atoms with Crippen molar-refractivity contribution in [3.63, 3.8) is 0 Å². The summed E-state index contributed by atoms with van der Waals surface area (Å²) in [7, 11) is 0. The minimum Gasteiger partial charge on any atom is -0.383 e. The van der Waals surface area contributed by atoms with Crippen molar-refractivity contribution in [1.29, 1.82) is 0 Å². The first-order valence-electron chi connectivity index (χ1n) is 6.33. The van der Waals surface area contributed by atoms with Crippen LogP contribution in [0.2, 0.25) is 0 Å². The second-order valence-electron chi connectivity index (χ2n) is 4.22. The van der Waals surface area contributed by atoms with Crippen molar-refractivity contribution in [2.75, 3.05) is 16.8 Å². The quantitative estimate of drug-likeness (QED) is 0.420. The monoisotopic (exact) mass is 305 g/mol. The van der Waals surface area contributed by atoms with Gasteiger partial charge >= 0.3 is 0 Å². The average Bonchev–Trinajstić information content (AvgIpc) is 2.44. The fraction of sp³-hybridized carbons (Fsp3) is 0.231. The molecule has 2 aromatic rings. The van der Waals surface area contributed by atoms with E-state index in [4.69, 9.17) is 5.73 Å². The normalized spacial score (nSPS) is 10.3. The Kier molecular flexibility index (Phi) is 5.33. The van der Waals surface area contributed by atoms with Gasteiger partial charge in [-0.1, -0.05) is 11.8 Å². The van der Waals surface area contributed by atoms with Crippen LogP contribution < -0.4 is 16.6 Å². The number of pyridine rings is 1. The van der Waals surface area contributed by atoms with Crippen LogP contribution in [-0.2, 0) is 4.79 Å². The van der Waals surface area contributed by atoms with Gasteiger partial charge in [-0.05, 0) is 18.6 Å². The van der Waals surface area contributed by atoms with Crippen LogP contribution in [0.1, 0.15) is 12.8 Å². The molecule has 2 heterocycles. The highest BCUT2D eigenvalue weighted by atomic mass is 32.2. The van der Waals surface area contributed by atoms with Crippen LogP contribution in [0.15, 0.2) is 40.5 Å². The van der Waals surface area contributed by atoms with E-state index in [9.17, 15) is 9.59 Å². The summed E-state index contributed by atoms with van der Waals surface area (Å²) < 4.78 is 0. The average molecular weight is 305 g/mol. The number of thioether (sulfide) groups is 1. The van der Waals surface area contributed by atoms with Gasteiger partial charge in [0.25, 0.3) is 5.56 Å². The highest BCUT2D eigenvalue weighted by molar-refractivity contribution is 7.99. The Bertz CT molecular complexity index is 659. The van der Waals surface area contributed by atoms with Gasteiger partial charge in [0.05, 0.1) is 11.9 Å². The molecule has 0 radical (unpaired) electrons. The minimum absolute atomic E-state index is 0.0716. The van der Waals surface area contributed by atoms with E-state index in [1.54, 1.807) is 24.5 Å². The molecule has 1 amide bonds. The molecule has 110 valence electrons. The zero-order valence-corrected chi connectivity index (χ0v) is 12.0. The smallest absolute Gasteiger partial charge is 0.253 e. The number of aromatic amines is 1. The molecule has 0 fully saturated rings. The highest BCUT2D eigenvalue weighted by Gasteiger charge is 2.04. The fourth-order valence-electron chi connectivity index (χ4n) is 1.58. The van der Waals surface area contributed by atoms with Gasteiger partial charge < -0.3 is 16.0 Å². The Morgan fingerprint density at radius 1 is 1.48 bits per heavy atom. The molecule has 0 bridgehead atoms. The third-order valence-electron chi connectivity index (χ3n) is 2.47. The lowest BCUT2D eigenvalue weighted by Crippen LogP contribution is -2.12. The van der Waals surface area contributed by atoms with Gasteiger partial charge in [0.1, 0.15) is 5.82 Å². The van der Waals surface area contributed by atoms with Gasteiger partial charge in [-0.15, -0.1) is 0 Å². The Hall–Kier alpha value is -2.35. The van der Waals surface area contributed by atoms with Gasteiger partial charge in [0.15, 0.2) is 5.16 Å². The third-order valence-corrected chi connectivity index (χ3v) is 3.43. The molecule has 8 heteroatoms. The molecule has 0 saturated carbocycles. The fourth-order valence-corrected chi connectivity index (χ4v) is 2.41. The van der Waals surface area contributed by atoms with E-state index in [1.165, 1.54) is 17.8 Å². The molecule has 4 N–H and O–H groups in total. The number of nitrogen functional groups attached to an aromatic ring is 1. The molecular weight excluding hydrogens is 290 g/mol. The second-order valence-corrected chi connectivity index (χ2v) is 5.30. The molecule has 2 aromatic heterocycles. The molecule has 2 rings (SSSR count). The Morgan fingerprint density at radius 2 is 2.33 bits per heavy atom.